The van der Waals surface area contributed by atoms with E-state index in [1.807, 2.05) is 37.4 Å². The molecule has 0 aliphatic heterocycles. The normalized spacial score (nSPS) is 11.4. The van der Waals surface area contributed by atoms with Gasteiger partial charge in [-0.3, -0.25) is 4.98 Å². The number of nitrogens with one attached hydrogen (secondary N) is 1. The van der Waals surface area contributed by atoms with Gasteiger partial charge in [0.05, 0.1) is 20.4 Å². The molecule has 0 radical (unpaired) electrons. The minimum atomic E-state index is 0.364. The van der Waals surface area contributed by atoms with Crippen LogP contribution in [0.4, 0.5) is 11.6 Å². The summed E-state index contributed by atoms with van der Waals surface area (Å²) in [5, 5.41) is 5.82. The van der Waals surface area contributed by atoms with Gasteiger partial charge in [0.1, 0.15) is 11.4 Å². The van der Waals surface area contributed by atoms with Crippen LogP contribution in [0.2, 0.25) is 5.02 Å². The number of anilines is 2. The number of likely N-dealkylation sites (N-methyl/N-ethyl adjacent to an activating group) is 1. The fourth-order valence-electron chi connectivity index (χ4n) is 3.58. The summed E-state index contributed by atoms with van der Waals surface area (Å²) in [5.41, 5.74) is 9.33. The zero-order valence-electron chi connectivity index (χ0n) is 18.4. The summed E-state index contributed by atoms with van der Waals surface area (Å²) >= 11 is 8.13. The minimum absolute atomic E-state index is 0.364. The van der Waals surface area contributed by atoms with Crippen LogP contribution < -0.4 is 11.1 Å². The largest absolute Gasteiger partial charge is 0.381 e. The van der Waals surface area contributed by atoms with Gasteiger partial charge in [-0.25, -0.2) is 15.0 Å². The molecule has 0 saturated heterocycles. The number of fused-ring (bicyclic) bond motifs is 1. The first-order chi connectivity index (χ1) is 15.5. The predicted molar refractivity (Wildman–Crippen MR) is 134 cm³/mol. The Balaban J connectivity index is 1.79. The van der Waals surface area contributed by atoms with Gasteiger partial charge in [0, 0.05) is 36.4 Å². The highest BCUT2D eigenvalue weighted by molar-refractivity contribution is 7.15. The number of nitrogens with zero attached hydrogens (tertiary/aromatic N) is 5. The molecule has 3 aromatic heterocycles. The third kappa shape index (κ3) is 4.67. The van der Waals surface area contributed by atoms with Crippen LogP contribution in [0.3, 0.4) is 0 Å². The number of nitrogen functional groups attached to an aromatic ring is 1. The molecule has 0 saturated carbocycles. The summed E-state index contributed by atoms with van der Waals surface area (Å²) in [6, 6.07) is 7.80. The first-order valence-electron chi connectivity index (χ1n) is 10.6. The van der Waals surface area contributed by atoms with Crippen molar-refractivity contribution < 1.29 is 0 Å². The van der Waals surface area contributed by atoms with Gasteiger partial charge < -0.3 is 16.0 Å². The monoisotopic (exact) mass is 467 g/mol. The molecule has 0 aliphatic rings. The van der Waals surface area contributed by atoms with Crippen LogP contribution in [0.25, 0.3) is 32.7 Å². The SMILES string of the molecule is CCN(CC)CCNc1nc(-c2cc(Cl)c3ncccc3c2)c(-c2cnc(C)s2)nc1N. The van der Waals surface area contributed by atoms with Gasteiger partial charge >= 0.3 is 0 Å². The van der Waals surface area contributed by atoms with E-state index < -0.39 is 0 Å². The molecule has 0 aliphatic carbocycles. The maximum absolute atomic E-state index is 6.57. The second-order valence-electron chi connectivity index (χ2n) is 7.39. The van der Waals surface area contributed by atoms with E-state index in [-0.39, 0.29) is 0 Å². The average molecular weight is 468 g/mol. The molecule has 166 valence electrons. The maximum atomic E-state index is 6.57. The molecule has 1 aromatic carbocycles. The minimum Gasteiger partial charge on any atom is -0.381 e. The van der Waals surface area contributed by atoms with Crippen LogP contribution in [0.5, 0.6) is 0 Å². The lowest BCUT2D eigenvalue weighted by Gasteiger charge is -2.19. The van der Waals surface area contributed by atoms with Gasteiger partial charge in [0.25, 0.3) is 0 Å². The Bertz CT molecular complexity index is 1240. The molecule has 3 heterocycles. The Hall–Kier alpha value is -2.81. The van der Waals surface area contributed by atoms with Crippen LogP contribution in [0, 0.1) is 6.92 Å². The molecular formula is C23H26ClN7S. The standard InChI is InChI=1S/C23H26ClN7S/c1-4-31(5-2)10-9-27-23-22(25)29-21(18-13-28-14(3)32-18)20(30-23)16-11-15-7-6-8-26-19(15)17(24)12-16/h6-8,11-13H,4-5,9-10H2,1-3H3,(H2,25,29)(H,27,30). The van der Waals surface area contributed by atoms with Crippen LogP contribution in [0.15, 0.2) is 36.7 Å². The van der Waals surface area contributed by atoms with Crippen molar-refractivity contribution in [3.05, 3.63) is 46.7 Å². The number of halogens is 1. The molecule has 9 heteroatoms. The zero-order valence-corrected chi connectivity index (χ0v) is 20.0. The second-order valence-corrected chi connectivity index (χ2v) is 9.03. The summed E-state index contributed by atoms with van der Waals surface area (Å²) in [6.07, 6.45) is 3.55. The van der Waals surface area contributed by atoms with E-state index in [0.29, 0.717) is 28.0 Å². The van der Waals surface area contributed by atoms with Gasteiger partial charge in [0.2, 0.25) is 0 Å². The van der Waals surface area contributed by atoms with Crippen LogP contribution >= 0.6 is 22.9 Å². The lowest BCUT2D eigenvalue weighted by molar-refractivity contribution is 0.316. The molecule has 0 atom stereocenters. The van der Waals surface area contributed by atoms with E-state index >= 15 is 0 Å². The number of aryl methyl sites for hydroxylation is 1. The predicted octanol–water partition coefficient (Wildman–Crippen LogP) is 5.11. The Labute approximate surface area is 196 Å². The maximum Gasteiger partial charge on any atom is 0.169 e. The number of aromatic nitrogens is 4. The fourth-order valence-corrected chi connectivity index (χ4v) is 4.62. The topological polar surface area (TPSA) is 92.8 Å². The van der Waals surface area contributed by atoms with Crippen molar-refractivity contribution >= 4 is 45.5 Å². The summed E-state index contributed by atoms with van der Waals surface area (Å²) in [6.45, 7) is 9.89. The summed E-state index contributed by atoms with van der Waals surface area (Å²) in [5.74, 6) is 0.933. The molecule has 7 nitrogen and oxygen atoms in total. The quantitative estimate of drug-likeness (QED) is 0.371. The Morgan fingerprint density at radius 3 is 2.66 bits per heavy atom. The number of thiazole rings is 1. The Morgan fingerprint density at radius 1 is 1.12 bits per heavy atom. The first-order valence-corrected chi connectivity index (χ1v) is 11.8. The third-order valence-electron chi connectivity index (χ3n) is 5.32. The average Bonchev–Trinajstić information content (AvgIpc) is 3.23. The molecule has 4 aromatic rings. The van der Waals surface area contributed by atoms with Gasteiger partial charge in [-0.15, -0.1) is 11.3 Å². The second kappa shape index (κ2) is 9.77. The lowest BCUT2D eigenvalue weighted by atomic mass is 10.1. The van der Waals surface area contributed by atoms with E-state index in [1.54, 1.807) is 17.5 Å². The molecule has 3 N–H and O–H groups in total. The van der Waals surface area contributed by atoms with Crippen LogP contribution in [0.1, 0.15) is 18.9 Å². The van der Waals surface area contributed by atoms with E-state index in [9.17, 15) is 0 Å². The highest BCUT2D eigenvalue weighted by atomic mass is 35.5. The van der Waals surface area contributed by atoms with Crippen molar-refractivity contribution in [1.29, 1.82) is 0 Å². The number of hydrogen-bond donors (Lipinski definition) is 2. The zero-order chi connectivity index (χ0) is 22.7. The van der Waals surface area contributed by atoms with Gasteiger partial charge in [-0.05, 0) is 38.2 Å². The number of hydrogen-bond acceptors (Lipinski definition) is 8. The van der Waals surface area contributed by atoms with Crippen molar-refractivity contribution in [2.75, 3.05) is 37.2 Å². The Kier molecular flexibility index (Phi) is 6.83. The number of rotatable bonds is 8. The van der Waals surface area contributed by atoms with Crippen molar-refractivity contribution in [2.45, 2.75) is 20.8 Å². The van der Waals surface area contributed by atoms with Gasteiger partial charge in [-0.1, -0.05) is 31.5 Å². The van der Waals surface area contributed by atoms with E-state index in [0.717, 1.165) is 52.5 Å². The van der Waals surface area contributed by atoms with Gasteiger partial charge in [0.15, 0.2) is 11.6 Å². The smallest absolute Gasteiger partial charge is 0.169 e. The molecule has 0 fully saturated rings. The molecule has 0 spiro atoms. The van der Waals surface area contributed by atoms with Crippen LogP contribution in [-0.4, -0.2) is 51.0 Å². The van der Waals surface area contributed by atoms with E-state index in [1.165, 1.54) is 0 Å². The number of pyridine rings is 1. The fraction of sp³-hybridized carbons (Fsp3) is 0.304. The highest BCUT2D eigenvalue weighted by Crippen LogP contribution is 2.37. The molecule has 32 heavy (non-hydrogen) atoms. The summed E-state index contributed by atoms with van der Waals surface area (Å²) in [4.78, 5) is 21.7. The van der Waals surface area contributed by atoms with E-state index in [2.05, 4.69) is 34.0 Å². The van der Waals surface area contributed by atoms with Crippen molar-refractivity contribution in [2.24, 2.45) is 0 Å². The molecule has 0 unspecified atom stereocenters. The van der Waals surface area contributed by atoms with Crippen molar-refractivity contribution in [1.82, 2.24) is 24.8 Å². The highest BCUT2D eigenvalue weighted by Gasteiger charge is 2.19. The van der Waals surface area contributed by atoms with E-state index in [4.69, 9.17) is 27.3 Å². The number of nitrogens with two attached hydrogens (primary N) is 1. The summed E-state index contributed by atoms with van der Waals surface area (Å²) < 4.78 is 0. The first kappa shape index (κ1) is 22.4. The Morgan fingerprint density at radius 2 is 1.94 bits per heavy atom. The van der Waals surface area contributed by atoms with Crippen molar-refractivity contribution in [3.8, 4) is 21.8 Å². The molecule has 4 rings (SSSR count). The lowest BCUT2D eigenvalue weighted by Crippen LogP contribution is -2.29. The van der Waals surface area contributed by atoms with Gasteiger partial charge in [-0.2, -0.15) is 0 Å². The third-order valence-corrected chi connectivity index (χ3v) is 6.53. The molecule has 0 amide bonds. The number of benzene rings is 1. The molecular weight excluding hydrogens is 442 g/mol. The molecule has 0 bridgehead atoms. The van der Waals surface area contributed by atoms with Crippen molar-refractivity contribution in [3.63, 3.8) is 0 Å². The van der Waals surface area contributed by atoms with Crippen LogP contribution in [-0.2, 0) is 0 Å². The summed E-state index contributed by atoms with van der Waals surface area (Å²) in [7, 11) is 0.